The molecule has 1 rings (SSSR count). The minimum atomic E-state index is -0.267. The molecule has 0 aliphatic heterocycles. The second-order valence-corrected chi connectivity index (χ2v) is 6.33. The summed E-state index contributed by atoms with van der Waals surface area (Å²) in [5, 5.41) is 20.9. The highest BCUT2D eigenvalue weighted by molar-refractivity contribution is 5.69. The first-order chi connectivity index (χ1) is 12.6. The van der Waals surface area contributed by atoms with E-state index in [0.29, 0.717) is 43.3 Å². The molecule has 0 bridgehead atoms. The molecule has 5 nitrogen and oxygen atoms in total. The first-order valence-electron chi connectivity index (χ1n) is 10.1. The van der Waals surface area contributed by atoms with Crippen LogP contribution in [0, 0.1) is 0 Å². The molecule has 0 radical (unpaired) electrons. The van der Waals surface area contributed by atoms with Crippen LogP contribution in [0.15, 0.2) is 0 Å². The van der Waals surface area contributed by atoms with Crippen molar-refractivity contribution in [3.8, 4) is 28.7 Å². The highest BCUT2D eigenvalue weighted by Gasteiger charge is 2.27. The zero-order valence-electron chi connectivity index (χ0n) is 16.9. The molecule has 0 aliphatic rings. The Morgan fingerprint density at radius 1 is 0.577 bits per heavy atom. The van der Waals surface area contributed by atoms with E-state index in [0.717, 1.165) is 12.8 Å². The number of ether oxygens (including phenoxy) is 3. The van der Waals surface area contributed by atoms with Crippen molar-refractivity contribution in [3.05, 3.63) is 5.56 Å². The first-order valence-corrected chi connectivity index (χ1v) is 10.1. The lowest BCUT2D eigenvalue weighted by Gasteiger charge is -2.21. The molecule has 0 spiro atoms. The lowest BCUT2D eigenvalue weighted by molar-refractivity contribution is 0.245. The summed E-state index contributed by atoms with van der Waals surface area (Å²) in [5.41, 5.74) is 0.602. The van der Waals surface area contributed by atoms with Crippen LogP contribution in [0.2, 0.25) is 0 Å². The minimum absolute atomic E-state index is 0.151. The van der Waals surface area contributed by atoms with Crippen LogP contribution in [0.3, 0.4) is 0 Å². The predicted octanol–water partition coefficient (Wildman–Crippen LogP) is 5.59. The molecule has 0 aliphatic carbocycles. The second-order valence-electron chi connectivity index (χ2n) is 6.33. The van der Waals surface area contributed by atoms with Crippen LogP contribution in [-0.4, -0.2) is 30.0 Å². The van der Waals surface area contributed by atoms with E-state index in [-0.39, 0.29) is 17.2 Å². The fourth-order valence-electron chi connectivity index (χ4n) is 3.05. The summed E-state index contributed by atoms with van der Waals surface area (Å²) in [4.78, 5) is 0. The van der Waals surface area contributed by atoms with Crippen LogP contribution in [0.25, 0.3) is 0 Å². The van der Waals surface area contributed by atoms with Gasteiger partial charge in [-0.15, -0.1) is 0 Å². The number of phenolic OH excluding ortho intramolecular Hbond substituents is 2. The third-order valence-electron chi connectivity index (χ3n) is 4.31. The number of benzene rings is 1. The third kappa shape index (κ3) is 6.19. The smallest absolute Gasteiger partial charge is 0.211 e. The van der Waals surface area contributed by atoms with E-state index in [1.54, 1.807) is 0 Å². The molecule has 0 heterocycles. The van der Waals surface area contributed by atoms with E-state index in [9.17, 15) is 10.2 Å². The van der Waals surface area contributed by atoms with Gasteiger partial charge in [0.1, 0.15) is 0 Å². The Morgan fingerprint density at radius 3 is 1.65 bits per heavy atom. The van der Waals surface area contributed by atoms with Crippen molar-refractivity contribution in [2.45, 2.75) is 79.1 Å². The number of hydrogen-bond acceptors (Lipinski definition) is 5. The van der Waals surface area contributed by atoms with Gasteiger partial charge >= 0.3 is 0 Å². The average Bonchev–Trinajstić information content (AvgIpc) is 2.63. The van der Waals surface area contributed by atoms with E-state index < -0.39 is 0 Å². The van der Waals surface area contributed by atoms with Crippen molar-refractivity contribution in [2.75, 3.05) is 19.8 Å². The Hall–Kier alpha value is -1.78. The number of rotatable bonds is 14. The van der Waals surface area contributed by atoms with Crippen molar-refractivity contribution in [3.63, 3.8) is 0 Å². The summed E-state index contributed by atoms with van der Waals surface area (Å²) < 4.78 is 17.0. The van der Waals surface area contributed by atoms with Gasteiger partial charge in [0.15, 0.2) is 11.5 Å². The molecular formula is C21H36O5. The highest BCUT2D eigenvalue weighted by Crippen LogP contribution is 2.53. The van der Waals surface area contributed by atoms with Gasteiger partial charge in [0, 0.05) is 5.56 Å². The summed E-state index contributed by atoms with van der Waals surface area (Å²) >= 11 is 0. The van der Waals surface area contributed by atoms with Gasteiger partial charge in [-0.1, -0.05) is 45.4 Å². The molecule has 1 aromatic carbocycles. The van der Waals surface area contributed by atoms with Gasteiger partial charge in [-0.2, -0.15) is 0 Å². The molecule has 5 heteroatoms. The molecule has 0 saturated carbocycles. The summed E-state index contributed by atoms with van der Waals surface area (Å²) in [5.74, 6) is 0.588. The van der Waals surface area contributed by atoms with Gasteiger partial charge in [0.2, 0.25) is 17.2 Å². The zero-order valence-corrected chi connectivity index (χ0v) is 16.9. The van der Waals surface area contributed by atoms with E-state index in [2.05, 4.69) is 6.92 Å². The van der Waals surface area contributed by atoms with Crippen LogP contribution in [0.1, 0.15) is 78.2 Å². The standard InChI is InChI=1S/C21H36O5/c1-5-9-10-11-12-13-14-15-16-17(22)18(23)20(25-7-3)21(26-8-4)19(16)24-6-2/h22-23H,5-15H2,1-4H3. The van der Waals surface area contributed by atoms with Gasteiger partial charge in [-0.05, 0) is 33.6 Å². The maximum atomic E-state index is 10.5. The van der Waals surface area contributed by atoms with Crippen molar-refractivity contribution in [2.24, 2.45) is 0 Å². The van der Waals surface area contributed by atoms with E-state index in [4.69, 9.17) is 14.2 Å². The topological polar surface area (TPSA) is 68.2 Å². The minimum Gasteiger partial charge on any atom is -0.504 e. The molecule has 0 unspecified atom stereocenters. The molecule has 0 saturated heterocycles. The molecule has 0 fully saturated rings. The Kier molecular flexibility index (Phi) is 10.7. The number of phenols is 2. The Bertz CT molecular complexity index is 528. The van der Waals surface area contributed by atoms with Crippen LogP contribution in [-0.2, 0) is 6.42 Å². The molecule has 0 atom stereocenters. The molecule has 0 aromatic heterocycles. The maximum absolute atomic E-state index is 10.5. The van der Waals surface area contributed by atoms with Gasteiger partial charge in [-0.25, -0.2) is 0 Å². The lowest BCUT2D eigenvalue weighted by atomic mass is 10.0. The van der Waals surface area contributed by atoms with Gasteiger partial charge in [0.25, 0.3) is 0 Å². The Morgan fingerprint density at radius 2 is 1.08 bits per heavy atom. The molecule has 26 heavy (non-hydrogen) atoms. The number of aromatic hydroxyl groups is 2. The third-order valence-corrected chi connectivity index (χ3v) is 4.31. The SMILES string of the molecule is CCCCCCCCCc1c(O)c(O)c(OCC)c(OCC)c1OCC. The molecule has 1 aromatic rings. The van der Waals surface area contributed by atoms with Crippen LogP contribution in [0.4, 0.5) is 0 Å². The first kappa shape index (κ1) is 22.3. The molecular weight excluding hydrogens is 332 g/mol. The van der Waals surface area contributed by atoms with Crippen LogP contribution >= 0.6 is 0 Å². The number of unbranched alkanes of at least 4 members (excludes halogenated alkanes) is 6. The van der Waals surface area contributed by atoms with E-state index in [1.807, 2.05) is 20.8 Å². The molecule has 0 amide bonds. The maximum Gasteiger partial charge on any atom is 0.211 e. The fourth-order valence-corrected chi connectivity index (χ4v) is 3.05. The second kappa shape index (κ2) is 12.6. The van der Waals surface area contributed by atoms with Gasteiger partial charge in [-0.3, -0.25) is 0 Å². The van der Waals surface area contributed by atoms with Crippen LogP contribution in [0.5, 0.6) is 28.7 Å². The van der Waals surface area contributed by atoms with Crippen molar-refractivity contribution < 1.29 is 24.4 Å². The molecule has 150 valence electrons. The largest absolute Gasteiger partial charge is 0.504 e. The zero-order chi connectivity index (χ0) is 19.4. The van der Waals surface area contributed by atoms with Crippen molar-refractivity contribution in [1.29, 1.82) is 0 Å². The monoisotopic (exact) mass is 368 g/mol. The Labute approximate surface area is 158 Å². The van der Waals surface area contributed by atoms with Crippen LogP contribution < -0.4 is 14.2 Å². The number of hydrogen-bond donors (Lipinski definition) is 2. The van der Waals surface area contributed by atoms with Gasteiger partial charge < -0.3 is 24.4 Å². The van der Waals surface area contributed by atoms with E-state index in [1.165, 1.54) is 32.1 Å². The quantitative estimate of drug-likeness (QED) is 0.331. The summed E-state index contributed by atoms with van der Waals surface area (Å²) in [7, 11) is 0. The average molecular weight is 369 g/mol. The summed E-state index contributed by atoms with van der Waals surface area (Å²) in [6.07, 6.45) is 8.91. The van der Waals surface area contributed by atoms with Crippen molar-refractivity contribution in [1.82, 2.24) is 0 Å². The molecule has 2 N–H and O–H groups in total. The fraction of sp³-hybridized carbons (Fsp3) is 0.714. The lowest BCUT2D eigenvalue weighted by Crippen LogP contribution is -2.06. The normalized spacial score (nSPS) is 10.8. The summed E-state index contributed by atoms with van der Waals surface area (Å²) in [6, 6.07) is 0. The Balaban J connectivity index is 2.97. The van der Waals surface area contributed by atoms with Gasteiger partial charge in [0.05, 0.1) is 19.8 Å². The van der Waals surface area contributed by atoms with E-state index >= 15 is 0 Å². The highest BCUT2D eigenvalue weighted by atomic mass is 16.5. The van der Waals surface area contributed by atoms with Crippen molar-refractivity contribution >= 4 is 0 Å². The summed E-state index contributed by atoms with van der Waals surface area (Å²) in [6.45, 7) is 9.01. The predicted molar refractivity (Wildman–Crippen MR) is 105 cm³/mol.